The highest BCUT2D eigenvalue weighted by Crippen LogP contribution is 2.34. The maximum Gasteiger partial charge on any atom is 0.237 e. The normalized spacial score (nSPS) is 26.4. The van der Waals surface area contributed by atoms with Crippen LogP contribution in [0.5, 0.6) is 0 Å². The summed E-state index contributed by atoms with van der Waals surface area (Å²) in [6.07, 6.45) is 9.40. The highest BCUT2D eigenvalue weighted by Gasteiger charge is 2.48. The van der Waals surface area contributed by atoms with Crippen molar-refractivity contribution in [2.24, 2.45) is 11.8 Å². The molecule has 3 aliphatic rings. The van der Waals surface area contributed by atoms with Crippen LogP contribution in [0, 0.1) is 11.8 Å². The van der Waals surface area contributed by atoms with E-state index in [4.69, 9.17) is 0 Å². The molecule has 2 heterocycles. The quantitative estimate of drug-likeness (QED) is 0.634. The zero-order valence-electron chi connectivity index (χ0n) is 16.2. The zero-order chi connectivity index (χ0) is 18.8. The number of anilines is 1. The number of hydrogen-bond acceptors (Lipinski definition) is 3. The molecule has 1 unspecified atom stereocenters. The molecule has 1 aromatic carbocycles. The van der Waals surface area contributed by atoms with Crippen LogP contribution in [0.15, 0.2) is 36.4 Å². The fourth-order valence-corrected chi connectivity index (χ4v) is 4.68. The Morgan fingerprint density at radius 1 is 0.926 bits per heavy atom. The smallest absolute Gasteiger partial charge is 0.237 e. The van der Waals surface area contributed by atoms with Crippen LogP contribution < -0.4 is 9.80 Å². The van der Waals surface area contributed by atoms with Crippen molar-refractivity contribution in [1.29, 1.82) is 0 Å². The zero-order valence-corrected chi connectivity index (χ0v) is 16.2. The number of quaternary nitrogens is 1. The van der Waals surface area contributed by atoms with Gasteiger partial charge in [-0.15, -0.1) is 0 Å². The van der Waals surface area contributed by atoms with Gasteiger partial charge in [0, 0.05) is 24.3 Å². The number of benzene rings is 1. The van der Waals surface area contributed by atoms with E-state index in [1.54, 1.807) is 0 Å². The van der Waals surface area contributed by atoms with Crippen molar-refractivity contribution in [3.8, 4) is 0 Å². The van der Waals surface area contributed by atoms with Gasteiger partial charge in [-0.05, 0) is 44.2 Å². The summed E-state index contributed by atoms with van der Waals surface area (Å²) in [6.45, 7) is 3.57. The number of fused-ring (bicyclic) bond motifs is 1. The van der Waals surface area contributed by atoms with E-state index >= 15 is 0 Å². The molecule has 1 N–H and O–H groups in total. The summed E-state index contributed by atoms with van der Waals surface area (Å²) in [6, 6.07) is 8.79. The van der Waals surface area contributed by atoms with Crippen molar-refractivity contribution >= 4 is 17.5 Å². The first kappa shape index (κ1) is 18.2. The number of rotatable bonds is 5. The topological polar surface area (TPSA) is 45.1 Å². The van der Waals surface area contributed by atoms with Gasteiger partial charge in [0.1, 0.15) is 6.54 Å². The minimum absolute atomic E-state index is 0.0224. The predicted octanol–water partition coefficient (Wildman–Crippen LogP) is 1.60. The van der Waals surface area contributed by atoms with Crippen LogP contribution in [0.2, 0.25) is 0 Å². The Kier molecular flexibility index (Phi) is 5.30. The summed E-state index contributed by atoms with van der Waals surface area (Å²) in [5.74, 6) is -0.207. The van der Waals surface area contributed by atoms with Crippen molar-refractivity contribution in [2.75, 3.05) is 31.7 Å². The summed E-state index contributed by atoms with van der Waals surface area (Å²) in [7, 11) is 2.05. The van der Waals surface area contributed by atoms with E-state index in [1.807, 2.05) is 12.2 Å². The number of hydrogen-bond donors (Lipinski definition) is 1. The van der Waals surface area contributed by atoms with Crippen LogP contribution in [-0.2, 0) is 16.1 Å². The van der Waals surface area contributed by atoms with Crippen LogP contribution in [0.25, 0.3) is 0 Å². The van der Waals surface area contributed by atoms with Gasteiger partial charge < -0.3 is 9.80 Å². The van der Waals surface area contributed by atoms with Crippen molar-refractivity contribution < 1.29 is 14.5 Å². The number of nitrogens with zero attached hydrogens (tertiary/aromatic N) is 2. The van der Waals surface area contributed by atoms with E-state index in [2.05, 4.69) is 36.2 Å². The first-order chi connectivity index (χ1) is 13.1. The second kappa shape index (κ2) is 7.85. The lowest BCUT2D eigenvalue weighted by Gasteiger charge is -2.29. The second-order valence-electron chi connectivity index (χ2n) is 8.27. The fraction of sp³-hybridized carbons (Fsp3) is 0.545. The molecule has 0 radical (unpaired) electrons. The SMILES string of the molecule is C[NH+](Cc1ccc(N2CCCCC2)cc1)CN1C(=O)[C@H]2CC=CC[C@H]2C1=O. The Morgan fingerprint density at radius 3 is 2.11 bits per heavy atom. The lowest BCUT2D eigenvalue weighted by molar-refractivity contribution is -0.901. The van der Waals surface area contributed by atoms with Gasteiger partial charge in [0.05, 0.1) is 18.9 Å². The van der Waals surface area contributed by atoms with Crippen molar-refractivity contribution in [2.45, 2.75) is 38.6 Å². The Balaban J connectivity index is 1.34. The monoisotopic (exact) mass is 368 g/mol. The van der Waals surface area contributed by atoms with Crippen LogP contribution in [0.1, 0.15) is 37.7 Å². The number of imide groups is 1. The summed E-state index contributed by atoms with van der Waals surface area (Å²) < 4.78 is 0. The molecule has 5 heteroatoms. The number of carbonyl (C=O) groups excluding carboxylic acids is 2. The Morgan fingerprint density at radius 2 is 1.52 bits per heavy atom. The van der Waals surface area contributed by atoms with E-state index in [9.17, 15) is 9.59 Å². The molecule has 0 saturated carbocycles. The lowest BCUT2D eigenvalue weighted by atomic mass is 9.85. The van der Waals surface area contributed by atoms with E-state index in [-0.39, 0.29) is 23.7 Å². The first-order valence-electron chi connectivity index (χ1n) is 10.3. The number of allylic oxidation sites excluding steroid dienone is 2. The molecule has 0 aromatic heterocycles. The van der Waals surface area contributed by atoms with Crippen LogP contribution in [0.3, 0.4) is 0 Å². The van der Waals surface area contributed by atoms with E-state index in [0.717, 1.165) is 24.5 Å². The second-order valence-corrected chi connectivity index (χ2v) is 8.27. The molecular formula is C22H30N3O2+. The predicted molar refractivity (Wildman–Crippen MR) is 105 cm³/mol. The summed E-state index contributed by atoms with van der Waals surface area (Å²) in [4.78, 5) is 30.3. The lowest BCUT2D eigenvalue weighted by Crippen LogP contribution is -3.09. The van der Waals surface area contributed by atoms with E-state index < -0.39 is 0 Å². The molecule has 2 aliphatic heterocycles. The average molecular weight is 369 g/mol. The molecule has 3 atom stereocenters. The molecule has 2 saturated heterocycles. The summed E-state index contributed by atoms with van der Waals surface area (Å²) in [5.41, 5.74) is 2.55. The third kappa shape index (κ3) is 3.79. The molecule has 1 aromatic rings. The molecule has 1 aliphatic carbocycles. The van der Waals surface area contributed by atoms with Crippen LogP contribution >= 0.6 is 0 Å². The highest BCUT2D eigenvalue weighted by atomic mass is 16.2. The molecule has 0 bridgehead atoms. The van der Waals surface area contributed by atoms with Gasteiger partial charge in [-0.2, -0.15) is 0 Å². The first-order valence-corrected chi connectivity index (χ1v) is 10.3. The molecule has 144 valence electrons. The molecule has 0 spiro atoms. The number of carbonyl (C=O) groups is 2. The third-order valence-corrected chi connectivity index (χ3v) is 6.19. The van der Waals surface area contributed by atoms with Crippen molar-refractivity contribution in [3.05, 3.63) is 42.0 Å². The molecule has 4 rings (SSSR count). The summed E-state index contributed by atoms with van der Waals surface area (Å²) >= 11 is 0. The average Bonchev–Trinajstić information content (AvgIpc) is 2.94. The van der Waals surface area contributed by atoms with Gasteiger partial charge in [-0.25, -0.2) is 4.90 Å². The molecule has 5 nitrogen and oxygen atoms in total. The highest BCUT2D eigenvalue weighted by molar-refractivity contribution is 6.05. The Hall–Kier alpha value is -2.14. The maximum atomic E-state index is 12.6. The van der Waals surface area contributed by atoms with E-state index in [1.165, 1.54) is 35.4 Å². The van der Waals surface area contributed by atoms with Crippen molar-refractivity contribution in [3.63, 3.8) is 0 Å². The van der Waals surface area contributed by atoms with Crippen LogP contribution in [0.4, 0.5) is 5.69 Å². The number of likely N-dealkylation sites (tertiary alicyclic amines) is 1. The molecule has 2 fully saturated rings. The number of piperidine rings is 1. The molecule has 27 heavy (non-hydrogen) atoms. The van der Waals surface area contributed by atoms with Gasteiger partial charge in [0.15, 0.2) is 6.67 Å². The largest absolute Gasteiger partial charge is 0.372 e. The van der Waals surface area contributed by atoms with Crippen LogP contribution in [-0.4, -0.2) is 43.5 Å². The van der Waals surface area contributed by atoms with Gasteiger partial charge in [-0.1, -0.05) is 24.3 Å². The number of nitrogens with one attached hydrogen (secondary N) is 1. The Labute approximate surface area is 161 Å². The Bertz CT molecular complexity index is 696. The van der Waals surface area contributed by atoms with Gasteiger partial charge in [0.25, 0.3) is 0 Å². The van der Waals surface area contributed by atoms with E-state index in [0.29, 0.717) is 19.5 Å². The third-order valence-electron chi connectivity index (χ3n) is 6.19. The minimum Gasteiger partial charge on any atom is -0.372 e. The number of amides is 2. The maximum absolute atomic E-state index is 12.6. The fourth-order valence-electron chi connectivity index (χ4n) is 4.68. The molecule has 2 amide bonds. The van der Waals surface area contributed by atoms with Crippen molar-refractivity contribution in [1.82, 2.24) is 4.90 Å². The van der Waals surface area contributed by atoms with Gasteiger partial charge >= 0.3 is 0 Å². The summed E-state index contributed by atoms with van der Waals surface area (Å²) in [5, 5.41) is 0. The standard InChI is InChI=1S/C22H29N3O2/c1-23(16-25-21(26)19-7-3-4-8-20(19)22(25)27)15-17-9-11-18(12-10-17)24-13-5-2-6-14-24/h3-4,9-12,19-20H,2,5-8,13-16H2,1H3/p+1/t19-,20+. The van der Waals surface area contributed by atoms with Gasteiger partial charge in [0.2, 0.25) is 11.8 Å². The minimum atomic E-state index is -0.126. The molecular weight excluding hydrogens is 338 g/mol. The van der Waals surface area contributed by atoms with Gasteiger partial charge in [-0.3, -0.25) is 9.59 Å².